The van der Waals surface area contributed by atoms with Gasteiger partial charge in [0.25, 0.3) is 0 Å². The van der Waals surface area contributed by atoms with E-state index in [1.165, 1.54) is 12.8 Å². The van der Waals surface area contributed by atoms with Crippen LogP contribution in [0.2, 0.25) is 0 Å². The van der Waals surface area contributed by atoms with Gasteiger partial charge in [0.05, 0.1) is 5.69 Å². The molecule has 2 N–H and O–H groups in total. The molecule has 0 saturated heterocycles. The quantitative estimate of drug-likeness (QED) is 0.790. The third-order valence-corrected chi connectivity index (χ3v) is 2.48. The van der Waals surface area contributed by atoms with E-state index in [2.05, 4.69) is 15.1 Å². The van der Waals surface area contributed by atoms with Gasteiger partial charge in [-0.15, -0.1) is 0 Å². The van der Waals surface area contributed by atoms with Crippen molar-refractivity contribution in [1.82, 2.24) is 19.7 Å². The van der Waals surface area contributed by atoms with Crippen molar-refractivity contribution in [2.24, 2.45) is 0 Å². The van der Waals surface area contributed by atoms with Crippen LogP contribution in [0.4, 0.5) is 5.95 Å². The maximum atomic E-state index is 5.67. The van der Waals surface area contributed by atoms with Crippen molar-refractivity contribution in [1.29, 1.82) is 0 Å². The molecule has 0 unspecified atom stereocenters. The third kappa shape index (κ3) is 1.56. The third-order valence-electron chi connectivity index (χ3n) is 2.48. The minimum Gasteiger partial charge on any atom is -0.368 e. The number of hydrogen-bond acceptors (Lipinski definition) is 4. The van der Waals surface area contributed by atoms with Crippen LogP contribution < -0.4 is 5.73 Å². The lowest BCUT2D eigenvalue weighted by Crippen LogP contribution is -2.05. The Labute approximate surface area is 87.0 Å². The van der Waals surface area contributed by atoms with Crippen molar-refractivity contribution in [2.75, 3.05) is 5.73 Å². The summed E-state index contributed by atoms with van der Waals surface area (Å²) in [6, 6.07) is 3.82. The van der Waals surface area contributed by atoms with Crippen LogP contribution in [0.1, 0.15) is 24.5 Å². The maximum absolute atomic E-state index is 5.67. The van der Waals surface area contributed by atoms with E-state index >= 15 is 0 Å². The number of aromatic nitrogens is 4. The summed E-state index contributed by atoms with van der Waals surface area (Å²) in [5.74, 6) is 1.64. The Bertz CT molecular complexity index is 473. The Morgan fingerprint density at radius 3 is 2.87 bits per heavy atom. The first-order chi connectivity index (χ1) is 7.33. The minimum atomic E-state index is 0.324. The van der Waals surface area contributed by atoms with Crippen LogP contribution in [-0.4, -0.2) is 19.7 Å². The molecule has 2 heterocycles. The fourth-order valence-corrected chi connectivity index (χ4v) is 1.58. The first-order valence-corrected chi connectivity index (χ1v) is 4.97. The standard InChI is InChI=1S/C10H11N5/c11-10-13-8(7-2-3-7)6-9(14-10)15-5-1-4-12-15/h1,4-7H,2-3H2,(H2,11,13,14). The van der Waals surface area contributed by atoms with E-state index in [1.807, 2.05) is 18.3 Å². The highest BCUT2D eigenvalue weighted by atomic mass is 15.3. The lowest BCUT2D eigenvalue weighted by atomic mass is 10.3. The predicted molar refractivity (Wildman–Crippen MR) is 55.5 cm³/mol. The van der Waals surface area contributed by atoms with Crippen LogP contribution in [0.15, 0.2) is 24.5 Å². The molecule has 1 fully saturated rings. The molecule has 5 heteroatoms. The fraction of sp³-hybridized carbons (Fsp3) is 0.300. The Balaban J connectivity index is 2.07. The summed E-state index contributed by atoms with van der Waals surface area (Å²) < 4.78 is 1.70. The van der Waals surface area contributed by atoms with Gasteiger partial charge in [0.15, 0.2) is 5.82 Å². The number of anilines is 1. The lowest BCUT2D eigenvalue weighted by molar-refractivity contribution is 0.831. The SMILES string of the molecule is Nc1nc(C2CC2)cc(-n2cccn2)n1. The summed E-state index contributed by atoms with van der Waals surface area (Å²) in [5.41, 5.74) is 6.70. The van der Waals surface area contributed by atoms with Crippen LogP contribution in [0.25, 0.3) is 5.82 Å². The van der Waals surface area contributed by atoms with Gasteiger partial charge < -0.3 is 5.73 Å². The zero-order valence-electron chi connectivity index (χ0n) is 8.17. The van der Waals surface area contributed by atoms with E-state index in [0.29, 0.717) is 11.9 Å². The largest absolute Gasteiger partial charge is 0.368 e. The summed E-state index contributed by atoms with van der Waals surface area (Å²) in [6.07, 6.45) is 5.97. The number of rotatable bonds is 2. The van der Waals surface area contributed by atoms with Gasteiger partial charge in [0, 0.05) is 24.4 Å². The van der Waals surface area contributed by atoms with Gasteiger partial charge in [0.1, 0.15) is 0 Å². The highest BCUT2D eigenvalue weighted by molar-refractivity contribution is 5.34. The smallest absolute Gasteiger partial charge is 0.222 e. The zero-order chi connectivity index (χ0) is 10.3. The number of nitrogens with two attached hydrogens (primary N) is 1. The predicted octanol–water partition coefficient (Wildman–Crippen LogP) is 1.12. The van der Waals surface area contributed by atoms with E-state index < -0.39 is 0 Å². The van der Waals surface area contributed by atoms with Gasteiger partial charge in [-0.3, -0.25) is 0 Å². The van der Waals surface area contributed by atoms with Crippen LogP contribution in [0.3, 0.4) is 0 Å². The molecule has 0 amide bonds. The molecule has 0 radical (unpaired) electrons. The Morgan fingerprint density at radius 1 is 1.33 bits per heavy atom. The molecule has 0 aliphatic heterocycles. The summed E-state index contributed by atoms with van der Waals surface area (Å²) in [4.78, 5) is 8.38. The average Bonchev–Trinajstić information content (AvgIpc) is 2.93. The molecule has 0 atom stereocenters. The molecule has 1 aliphatic carbocycles. The monoisotopic (exact) mass is 201 g/mol. The molecule has 0 spiro atoms. The van der Waals surface area contributed by atoms with E-state index in [4.69, 9.17) is 5.73 Å². The topological polar surface area (TPSA) is 69.6 Å². The fourth-order valence-electron chi connectivity index (χ4n) is 1.58. The maximum Gasteiger partial charge on any atom is 0.222 e. The second kappa shape index (κ2) is 3.05. The lowest BCUT2D eigenvalue weighted by Gasteiger charge is -2.04. The van der Waals surface area contributed by atoms with Gasteiger partial charge in [-0.05, 0) is 18.9 Å². The van der Waals surface area contributed by atoms with E-state index in [0.717, 1.165) is 11.5 Å². The molecule has 76 valence electrons. The highest BCUT2D eigenvalue weighted by Gasteiger charge is 2.26. The molecule has 0 bridgehead atoms. The first-order valence-electron chi connectivity index (χ1n) is 4.97. The normalized spacial score (nSPS) is 15.5. The molecule has 5 nitrogen and oxygen atoms in total. The number of nitrogens with zero attached hydrogens (tertiary/aromatic N) is 4. The van der Waals surface area contributed by atoms with Gasteiger partial charge >= 0.3 is 0 Å². The van der Waals surface area contributed by atoms with Crippen LogP contribution in [0, 0.1) is 0 Å². The minimum absolute atomic E-state index is 0.324. The zero-order valence-corrected chi connectivity index (χ0v) is 8.17. The number of nitrogen functional groups attached to an aromatic ring is 1. The van der Waals surface area contributed by atoms with Crippen molar-refractivity contribution in [3.05, 3.63) is 30.2 Å². The highest BCUT2D eigenvalue weighted by Crippen LogP contribution is 2.39. The Kier molecular flexibility index (Phi) is 1.71. The van der Waals surface area contributed by atoms with Gasteiger partial charge in [-0.2, -0.15) is 10.1 Å². The molecule has 2 aromatic rings. The first kappa shape index (κ1) is 8.40. The second-order valence-corrected chi connectivity index (χ2v) is 3.73. The van der Waals surface area contributed by atoms with Crippen molar-refractivity contribution in [3.8, 4) is 5.82 Å². The Hall–Kier alpha value is -1.91. The molecule has 1 aliphatic rings. The van der Waals surface area contributed by atoms with E-state index in [1.54, 1.807) is 10.9 Å². The van der Waals surface area contributed by atoms with Gasteiger partial charge in [-0.25, -0.2) is 9.67 Å². The molecular weight excluding hydrogens is 190 g/mol. The average molecular weight is 201 g/mol. The Morgan fingerprint density at radius 2 is 2.20 bits per heavy atom. The summed E-state index contributed by atoms with van der Waals surface area (Å²) in [6.45, 7) is 0. The summed E-state index contributed by atoms with van der Waals surface area (Å²) in [5, 5.41) is 4.12. The van der Waals surface area contributed by atoms with E-state index in [-0.39, 0.29) is 0 Å². The molecule has 15 heavy (non-hydrogen) atoms. The molecule has 0 aromatic carbocycles. The van der Waals surface area contributed by atoms with Gasteiger partial charge in [-0.1, -0.05) is 0 Å². The number of hydrogen-bond donors (Lipinski definition) is 1. The molecule has 1 saturated carbocycles. The van der Waals surface area contributed by atoms with E-state index in [9.17, 15) is 0 Å². The molecule has 2 aromatic heterocycles. The van der Waals surface area contributed by atoms with Crippen molar-refractivity contribution in [3.63, 3.8) is 0 Å². The summed E-state index contributed by atoms with van der Waals surface area (Å²) >= 11 is 0. The van der Waals surface area contributed by atoms with Crippen LogP contribution in [0.5, 0.6) is 0 Å². The molecule has 3 rings (SSSR count). The van der Waals surface area contributed by atoms with Crippen LogP contribution in [-0.2, 0) is 0 Å². The second-order valence-electron chi connectivity index (χ2n) is 3.73. The van der Waals surface area contributed by atoms with Crippen LogP contribution >= 0.6 is 0 Å². The van der Waals surface area contributed by atoms with Crippen molar-refractivity contribution in [2.45, 2.75) is 18.8 Å². The van der Waals surface area contributed by atoms with Gasteiger partial charge in [0.2, 0.25) is 5.95 Å². The van der Waals surface area contributed by atoms with Crippen molar-refractivity contribution < 1.29 is 0 Å². The van der Waals surface area contributed by atoms with Crippen molar-refractivity contribution >= 4 is 5.95 Å². The molecular formula is C10H11N5. The summed E-state index contributed by atoms with van der Waals surface area (Å²) in [7, 11) is 0.